The number of nitrogens with zero attached hydrogens (tertiary/aromatic N) is 3. The second-order valence-corrected chi connectivity index (χ2v) is 16.6. The fraction of sp³-hybridized carbons (Fsp3) is 0.595. The van der Waals surface area contributed by atoms with Gasteiger partial charge in [0.25, 0.3) is 0 Å². The fourth-order valence-corrected chi connectivity index (χ4v) is 6.78. The quantitative estimate of drug-likeness (QED) is 0.0583. The molecule has 2 aromatic carbocycles. The summed E-state index contributed by atoms with van der Waals surface area (Å²) in [5.74, 6) is 2.06. The number of rotatable bonds is 7. The summed E-state index contributed by atoms with van der Waals surface area (Å²) in [6.07, 6.45) is 8.36. The van der Waals surface area contributed by atoms with Crippen LogP contribution in [0.4, 0.5) is 11.4 Å². The monoisotopic (exact) mass is 747 g/mol. The molecule has 2 aromatic rings. The number of hydrogen-bond acceptors (Lipinski definition) is 4. The summed E-state index contributed by atoms with van der Waals surface area (Å²) in [6.45, 7) is 24.6. The van der Waals surface area contributed by atoms with Crippen LogP contribution < -0.4 is 9.80 Å². The molecule has 0 amide bonds. The summed E-state index contributed by atoms with van der Waals surface area (Å²) in [6, 6.07) is 13.7. The molecule has 1 aliphatic heterocycles. The van der Waals surface area contributed by atoms with Crippen molar-refractivity contribution in [3.63, 3.8) is 0 Å². The summed E-state index contributed by atoms with van der Waals surface area (Å²) in [7, 11) is 8.25. The minimum absolute atomic E-state index is 0. The third kappa shape index (κ3) is 12.9. The predicted octanol–water partition coefficient (Wildman–Crippen LogP) is 10.8. The van der Waals surface area contributed by atoms with Crippen LogP contribution in [0.5, 0.6) is 0 Å². The maximum absolute atomic E-state index is 9.76. The van der Waals surface area contributed by atoms with E-state index < -0.39 is 15.7 Å². The van der Waals surface area contributed by atoms with Crippen LogP contribution in [0.3, 0.4) is 0 Å². The average Bonchev–Trinajstić information content (AvgIpc) is 3.46. The van der Waals surface area contributed by atoms with Gasteiger partial charge in [-0.05, 0) is 64.4 Å². The standard InChI is InChI=1S/C27H39N2.C6H13P.C3H5NO2.CH4.ClH.Ru/c1-18(2)22-11-9-12-23(19(3)4)26(22)28-15-16-29(17-28)27-24(20(5)6)13-10-14-25(27)21(7)8;7-6-4-2-1-3-5-6;1-2-3-4(5)6;;;/h9-14,17-21H,15-16H2,1-8H3;6H,1-5,7H2;3H,1H3,(H,5,6);1H4;1H;/q-1;;;;;+1/p-1. The van der Waals surface area contributed by atoms with Crippen LogP contribution >= 0.6 is 18.9 Å². The van der Waals surface area contributed by atoms with Gasteiger partial charge in [-0.2, -0.15) is 6.67 Å². The van der Waals surface area contributed by atoms with Crippen LogP contribution in [0.1, 0.15) is 148 Å². The Labute approximate surface area is 289 Å². The summed E-state index contributed by atoms with van der Waals surface area (Å²) in [4.78, 5) is 4.77. The second-order valence-electron chi connectivity index (χ2n) is 13.2. The Morgan fingerprint density at radius 2 is 1.20 bits per heavy atom. The largest absolute Gasteiger partial charge is 0.134 e. The molecule has 1 N–H and O–H groups in total. The number of halogens is 1. The predicted molar refractivity (Wildman–Crippen MR) is 200 cm³/mol. The summed E-state index contributed by atoms with van der Waals surface area (Å²) >= 11 is -0.408. The molecule has 0 spiro atoms. The Hall–Kier alpha value is -1.48. The second kappa shape index (κ2) is 20.7. The SMILES string of the molecule is C.CC(C)c1cccc(C(C)C)c1N1[CH-]N(c2c(C(C)C)cccc2C(C)C)CC1.C[C](C=[N+]([O-])O)=[Ru][Cl].PC1CCCCC1. The zero-order valence-electron chi connectivity index (χ0n) is 28.5. The van der Waals surface area contributed by atoms with E-state index in [1.54, 1.807) is 6.92 Å². The third-order valence-electron chi connectivity index (χ3n) is 8.16. The van der Waals surface area contributed by atoms with Crippen molar-refractivity contribution in [3.8, 4) is 0 Å². The zero-order chi connectivity index (χ0) is 33.0. The summed E-state index contributed by atoms with van der Waals surface area (Å²) in [5, 5.41) is 17.8. The average molecular weight is 747 g/mol. The first-order valence-corrected chi connectivity index (χ1v) is 20.0. The van der Waals surface area contributed by atoms with Crippen LogP contribution in [0.2, 0.25) is 0 Å². The molecule has 4 rings (SSSR count). The summed E-state index contributed by atoms with van der Waals surface area (Å²) < 4.78 is 0.719. The molecule has 5 nitrogen and oxygen atoms in total. The van der Waals surface area contributed by atoms with Crippen molar-refractivity contribution in [1.29, 1.82) is 0 Å². The molecule has 8 heteroatoms. The van der Waals surface area contributed by atoms with Gasteiger partial charge >= 0.3 is 57.9 Å². The molecule has 45 heavy (non-hydrogen) atoms. The first-order valence-electron chi connectivity index (χ1n) is 16.2. The Morgan fingerprint density at radius 1 is 0.844 bits per heavy atom. The minimum Gasteiger partial charge on any atom is -0.134 e. The number of hydrogen-bond donors (Lipinski definition) is 1. The van der Waals surface area contributed by atoms with E-state index >= 15 is 0 Å². The Balaban J connectivity index is 0.000000520. The van der Waals surface area contributed by atoms with Crippen molar-refractivity contribution in [2.45, 2.75) is 131 Å². The van der Waals surface area contributed by atoms with Gasteiger partial charge in [0, 0.05) is 24.5 Å². The topological polar surface area (TPSA) is 52.8 Å². The van der Waals surface area contributed by atoms with Crippen molar-refractivity contribution in [2.75, 3.05) is 22.9 Å². The van der Waals surface area contributed by atoms with E-state index in [0.717, 1.165) is 29.1 Å². The van der Waals surface area contributed by atoms with Gasteiger partial charge in [-0.25, -0.2) is 0 Å². The maximum Gasteiger partial charge on any atom is -0.0264 e. The number of benzene rings is 2. The van der Waals surface area contributed by atoms with Gasteiger partial charge < -0.3 is 9.80 Å². The molecule has 1 heterocycles. The Bertz CT molecular complexity index is 1100. The van der Waals surface area contributed by atoms with E-state index in [9.17, 15) is 5.21 Å². The molecule has 1 aliphatic carbocycles. The molecule has 2 aliphatic rings. The molecule has 0 aromatic heterocycles. The van der Waals surface area contributed by atoms with Crippen molar-refractivity contribution in [3.05, 3.63) is 70.5 Å². The molecular weight excluding hydrogens is 686 g/mol. The van der Waals surface area contributed by atoms with Crippen molar-refractivity contribution >= 4 is 40.6 Å². The smallest absolute Gasteiger partial charge is 0.0264 e. The first-order chi connectivity index (χ1) is 20.8. The third-order valence-corrected chi connectivity index (χ3v) is 10.8. The molecule has 1 saturated heterocycles. The van der Waals surface area contributed by atoms with E-state index in [-0.39, 0.29) is 12.3 Å². The van der Waals surface area contributed by atoms with Crippen LogP contribution in [0.15, 0.2) is 36.4 Å². The molecular formula is C37H61ClN3O2PRu-. The molecule has 1 unspecified atom stereocenters. The van der Waals surface area contributed by atoms with E-state index in [1.807, 2.05) is 0 Å². The Kier molecular flexibility index (Phi) is 19.1. The Morgan fingerprint density at radius 3 is 1.42 bits per heavy atom. The summed E-state index contributed by atoms with van der Waals surface area (Å²) in [5.41, 5.74) is 9.62. The van der Waals surface area contributed by atoms with Gasteiger partial charge in [-0.1, -0.05) is 118 Å². The zero-order valence-corrected chi connectivity index (χ0v) is 32.1. The van der Waals surface area contributed by atoms with Gasteiger partial charge in [0.2, 0.25) is 0 Å². The maximum atomic E-state index is 9.76. The molecule has 1 atom stereocenters. The van der Waals surface area contributed by atoms with E-state index in [2.05, 4.69) is 117 Å². The number of anilines is 2. The van der Waals surface area contributed by atoms with Crippen molar-refractivity contribution in [2.24, 2.45) is 0 Å². The number of para-hydroxylation sites is 2. The van der Waals surface area contributed by atoms with Gasteiger partial charge in [-0.3, -0.25) is 0 Å². The van der Waals surface area contributed by atoms with Gasteiger partial charge in [0.05, 0.1) is 0 Å². The van der Waals surface area contributed by atoms with Crippen molar-refractivity contribution in [1.82, 2.24) is 0 Å². The molecule has 257 valence electrons. The van der Waals surface area contributed by atoms with Crippen LogP contribution in [0, 0.1) is 11.9 Å². The molecule has 1 saturated carbocycles. The van der Waals surface area contributed by atoms with Gasteiger partial charge in [-0.15, -0.1) is 9.24 Å². The molecule has 0 radical (unpaired) electrons. The van der Waals surface area contributed by atoms with E-state index in [0.29, 0.717) is 23.7 Å². The fourth-order valence-electron chi connectivity index (χ4n) is 5.83. The molecule has 2 fully saturated rings. The van der Waals surface area contributed by atoms with E-state index in [4.69, 9.17) is 14.9 Å². The van der Waals surface area contributed by atoms with Crippen LogP contribution in [0.25, 0.3) is 0 Å². The molecule has 0 bridgehead atoms. The minimum atomic E-state index is -0.408. The van der Waals surface area contributed by atoms with Crippen LogP contribution in [-0.4, -0.2) is 39.2 Å². The van der Waals surface area contributed by atoms with Gasteiger partial charge in [0.15, 0.2) is 0 Å². The van der Waals surface area contributed by atoms with Crippen LogP contribution in [-0.2, 0) is 15.7 Å². The van der Waals surface area contributed by atoms with Gasteiger partial charge in [0.1, 0.15) is 0 Å². The van der Waals surface area contributed by atoms with E-state index in [1.165, 1.54) is 65.7 Å². The van der Waals surface area contributed by atoms with Crippen molar-refractivity contribution < 1.29 is 25.8 Å². The normalized spacial score (nSPS) is 16.2. The first kappa shape index (κ1) is 41.5.